The monoisotopic (exact) mass is 392 g/mol. The number of thiocarbonyl (C=S) groups is 1. The molecule has 2 aromatic carbocycles. The van der Waals surface area contributed by atoms with Crippen molar-refractivity contribution >= 4 is 38.9 Å². The molecule has 0 saturated carbocycles. The number of anilines is 1. The van der Waals surface area contributed by atoms with Gasteiger partial charge in [-0.2, -0.15) is 0 Å². The molecule has 2 rings (SSSR count). The first-order valence-electron chi connectivity index (χ1n) is 7.50. The predicted molar refractivity (Wildman–Crippen MR) is 104 cm³/mol. The van der Waals surface area contributed by atoms with E-state index in [2.05, 4.69) is 32.6 Å². The Morgan fingerprint density at radius 1 is 1.17 bits per heavy atom. The van der Waals surface area contributed by atoms with Gasteiger partial charge in [0.2, 0.25) is 0 Å². The number of ether oxygens (including phenoxy) is 1. The minimum atomic E-state index is 0.185. The third-order valence-electron chi connectivity index (χ3n) is 3.16. The molecule has 0 radical (unpaired) electrons. The molecule has 0 bridgehead atoms. The molecule has 0 aliphatic rings. The lowest BCUT2D eigenvalue weighted by atomic mass is 10.2. The van der Waals surface area contributed by atoms with E-state index in [1.165, 1.54) is 5.56 Å². The molecule has 2 aromatic rings. The lowest BCUT2D eigenvalue weighted by molar-refractivity contribution is 0.242. The number of hydrogen-bond acceptors (Lipinski definition) is 2. The van der Waals surface area contributed by atoms with E-state index in [0.717, 1.165) is 21.5 Å². The van der Waals surface area contributed by atoms with Crippen LogP contribution in [0.3, 0.4) is 0 Å². The summed E-state index contributed by atoms with van der Waals surface area (Å²) < 4.78 is 6.72. The van der Waals surface area contributed by atoms with E-state index >= 15 is 0 Å². The molecule has 0 heterocycles. The molecule has 0 spiro atoms. The van der Waals surface area contributed by atoms with Crippen LogP contribution in [-0.4, -0.2) is 11.2 Å². The molecule has 0 amide bonds. The van der Waals surface area contributed by atoms with Gasteiger partial charge in [0.25, 0.3) is 0 Å². The molecule has 3 nitrogen and oxygen atoms in total. The summed E-state index contributed by atoms with van der Waals surface area (Å²) in [6.07, 6.45) is 0.185. The molecule has 0 aromatic heterocycles. The Morgan fingerprint density at radius 3 is 2.48 bits per heavy atom. The number of aryl methyl sites for hydroxylation is 1. The van der Waals surface area contributed by atoms with Gasteiger partial charge >= 0.3 is 0 Å². The summed E-state index contributed by atoms with van der Waals surface area (Å²) >= 11 is 8.83. The second kappa shape index (κ2) is 8.31. The fraction of sp³-hybridized carbons (Fsp3) is 0.278. The van der Waals surface area contributed by atoms with Crippen LogP contribution in [0.15, 0.2) is 46.9 Å². The fourth-order valence-electron chi connectivity index (χ4n) is 2.04. The molecule has 0 unspecified atom stereocenters. The van der Waals surface area contributed by atoms with Crippen LogP contribution in [0.5, 0.6) is 5.75 Å². The van der Waals surface area contributed by atoms with Crippen molar-refractivity contribution in [2.45, 2.75) is 33.4 Å². The van der Waals surface area contributed by atoms with Crippen LogP contribution in [0.2, 0.25) is 0 Å². The van der Waals surface area contributed by atoms with Crippen molar-refractivity contribution in [2.75, 3.05) is 5.32 Å². The number of benzene rings is 2. The highest BCUT2D eigenvalue weighted by molar-refractivity contribution is 9.10. The zero-order valence-electron chi connectivity index (χ0n) is 13.5. The third kappa shape index (κ3) is 5.84. The van der Waals surface area contributed by atoms with Crippen molar-refractivity contribution in [3.05, 3.63) is 58.1 Å². The second-order valence-electron chi connectivity index (χ2n) is 5.58. The molecule has 0 aliphatic heterocycles. The van der Waals surface area contributed by atoms with Crippen molar-refractivity contribution in [3.63, 3.8) is 0 Å². The highest BCUT2D eigenvalue weighted by Gasteiger charge is 2.02. The molecule has 122 valence electrons. The Hall–Kier alpha value is -1.59. The van der Waals surface area contributed by atoms with E-state index in [1.54, 1.807) is 0 Å². The molecular formula is C18H21BrN2OS. The summed E-state index contributed by atoms with van der Waals surface area (Å²) in [6.45, 7) is 6.75. The lowest BCUT2D eigenvalue weighted by Gasteiger charge is -2.13. The van der Waals surface area contributed by atoms with Gasteiger partial charge in [-0.3, -0.25) is 0 Å². The van der Waals surface area contributed by atoms with Crippen molar-refractivity contribution in [1.82, 2.24) is 5.32 Å². The van der Waals surface area contributed by atoms with E-state index < -0.39 is 0 Å². The summed E-state index contributed by atoms with van der Waals surface area (Å²) in [5.74, 6) is 0.884. The van der Waals surface area contributed by atoms with Crippen LogP contribution in [0.1, 0.15) is 25.0 Å². The van der Waals surface area contributed by atoms with Crippen molar-refractivity contribution in [2.24, 2.45) is 0 Å². The first kappa shape index (κ1) is 17.8. The average Bonchev–Trinajstić information content (AvgIpc) is 2.50. The van der Waals surface area contributed by atoms with Crippen LogP contribution in [0.25, 0.3) is 0 Å². The molecule has 2 N–H and O–H groups in total. The smallest absolute Gasteiger partial charge is 0.171 e. The maximum Gasteiger partial charge on any atom is 0.171 e. The number of halogens is 1. The van der Waals surface area contributed by atoms with Gasteiger partial charge in [-0.05, 0) is 74.4 Å². The summed E-state index contributed by atoms with van der Waals surface area (Å²) in [5, 5.41) is 7.01. The van der Waals surface area contributed by atoms with E-state index in [4.69, 9.17) is 17.0 Å². The van der Waals surface area contributed by atoms with Crippen molar-refractivity contribution in [1.29, 1.82) is 0 Å². The Labute approximate surface area is 151 Å². The van der Waals surface area contributed by atoms with Crippen molar-refractivity contribution in [3.8, 4) is 5.75 Å². The fourth-order valence-corrected chi connectivity index (χ4v) is 2.47. The predicted octanol–water partition coefficient (Wildman–Crippen LogP) is 5.03. The summed E-state index contributed by atoms with van der Waals surface area (Å²) in [5.41, 5.74) is 3.29. The minimum absolute atomic E-state index is 0.185. The Morgan fingerprint density at radius 2 is 1.87 bits per heavy atom. The average molecular weight is 393 g/mol. The zero-order chi connectivity index (χ0) is 16.8. The van der Waals surface area contributed by atoms with Crippen LogP contribution in [-0.2, 0) is 6.54 Å². The molecule has 5 heteroatoms. The summed E-state index contributed by atoms with van der Waals surface area (Å²) in [7, 11) is 0. The van der Waals surface area contributed by atoms with Gasteiger partial charge in [0.05, 0.1) is 6.10 Å². The maximum atomic E-state index is 5.63. The Kier molecular flexibility index (Phi) is 6.42. The molecule has 0 saturated heterocycles. The Balaban J connectivity index is 1.85. The molecule has 0 aliphatic carbocycles. The van der Waals surface area contributed by atoms with Crippen LogP contribution in [0, 0.1) is 6.92 Å². The van der Waals surface area contributed by atoms with Gasteiger partial charge in [-0.25, -0.2) is 0 Å². The third-order valence-corrected chi connectivity index (χ3v) is 4.30. The van der Waals surface area contributed by atoms with Gasteiger partial charge in [-0.15, -0.1) is 0 Å². The van der Waals surface area contributed by atoms with E-state index in [0.29, 0.717) is 11.7 Å². The van der Waals surface area contributed by atoms with Crippen LogP contribution in [0.4, 0.5) is 5.69 Å². The van der Waals surface area contributed by atoms with E-state index in [-0.39, 0.29) is 6.10 Å². The zero-order valence-corrected chi connectivity index (χ0v) is 15.9. The standard InChI is InChI=1S/C18H21BrN2OS/c1-12(2)22-16-7-4-14(5-8-16)11-20-18(23)21-15-6-9-17(19)13(3)10-15/h4-10,12H,11H2,1-3H3,(H2,20,21,23). The highest BCUT2D eigenvalue weighted by Crippen LogP contribution is 2.20. The lowest BCUT2D eigenvalue weighted by Crippen LogP contribution is -2.27. The minimum Gasteiger partial charge on any atom is -0.491 e. The van der Waals surface area contributed by atoms with E-state index in [1.807, 2.05) is 57.2 Å². The topological polar surface area (TPSA) is 33.3 Å². The van der Waals surface area contributed by atoms with Gasteiger partial charge in [0.1, 0.15) is 5.75 Å². The highest BCUT2D eigenvalue weighted by atomic mass is 79.9. The van der Waals surface area contributed by atoms with Gasteiger partial charge in [-0.1, -0.05) is 28.1 Å². The summed E-state index contributed by atoms with van der Waals surface area (Å²) in [6, 6.07) is 14.1. The SMILES string of the molecule is Cc1cc(NC(=S)NCc2ccc(OC(C)C)cc2)ccc1Br. The van der Waals surface area contributed by atoms with Crippen molar-refractivity contribution < 1.29 is 4.74 Å². The first-order valence-corrected chi connectivity index (χ1v) is 8.71. The van der Waals surface area contributed by atoms with Gasteiger partial charge in [0.15, 0.2) is 5.11 Å². The van der Waals surface area contributed by atoms with E-state index in [9.17, 15) is 0 Å². The normalized spacial score (nSPS) is 10.5. The number of hydrogen-bond donors (Lipinski definition) is 2. The maximum absolute atomic E-state index is 5.63. The summed E-state index contributed by atoms with van der Waals surface area (Å²) in [4.78, 5) is 0. The first-order chi connectivity index (χ1) is 10.9. The molecule has 0 fully saturated rings. The molecule has 0 atom stereocenters. The van der Waals surface area contributed by atoms with Crippen LogP contribution >= 0.6 is 28.1 Å². The largest absolute Gasteiger partial charge is 0.491 e. The molecule has 23 heavy (non-hydrogen) atoms. The second-order valence-corrected chi connectivity index (χ2v) is 6.84. The van der Waals surface area contributed by atoms with Gasteiger partial charge < -0.3 is 15.4 Å². The quantitative estimate of drug-likeness (QED) is 0.698. The number of rotatable bonds is 5. The molecular weight excluding hydrogens is 372 g/mol. The van der Waals surface area contributed by atoms with Gasteiger partial charge in [0, 0.05) is 16.7 Å². The number of nitrogens with one attached hydrogen (secondary N) is 2. The van der Waals surface area contributed by atoms with Crippen LogP contribution < -0.4 is 15.4 Å². The Bertz CT molecular complexity index is 671.